The lowest BCUT2D eigenvalue weighted by Gasteiger charge is -2.14. The molecule has 2 N–H and O–H groups in total. The number of hydrogen-bond donors (Lipinski definition) is 1. The number of thioether (sulfide) groups is 1. The summed E-state index contributed by atoms with van der Waals surface area (Å²) in [5, 5.41) is -0.210. The van der Waals surface area contributed by atoms with Gasteiger partial charge in [-0.05, 0) is 29.2 Å². The van der Waals surface area contributed by atoms with Gasteiger partial charge in [-0.2, -0.15) is 0 Å². The molecule has 0 unspecified atom stereocenters. The van der Waals surface area contributed by atoms with Crippen molar-refractivity contribution in [3.63, 3.8) is 0 Å². The predicted octanol–water partition coefficient (Wildman–Crippen LogP) is 4.65. The number of carbonyl (C=O) groups is 1. The van der Waals surface area contributed by atoms with Crippen LogP contribution in [0.3, 0.4) is 0 Å². The van der Waals surface area contributed by atoms with E-state index in [1.807, 2.05) is 12.1 Å². The van der Waals surface area contributed by atoms with Crippen molar-refractivity contribution in [2.24, 2.45) is 5.73 Å². The molecule has 0 saturated heterocycles. The Morgan fingerprint density at radius 1 is 1.10 bits per heavy atom. The molecule has 112 valence electrons. The molecule has 1 aromatic rings. The highest BCUT2D eigenvalue weighted by Gasteiger charge is 2.18. The highest BCUT2D eigenvalue weighted by Crippen LogP contribution is 2.30. The summed E-state index contributed by atoms with van der Waals surface area (Å²) >= 11 is 1.67. The number of amides is 1. The predicted molar refractivity (Wildman–Crippen MR) is 89.1 cm³/mol. The zero-order valence-electron chi connectivity index (χ0n) is 12.9. The zero-order valence-corrected chi connectivity index (χ0v) is 13.7. The number of primary amides is 1. The monoisotopic (exact) mass is 293 g/mol. The molecule has 0 aliphatic rings. The molecule has 2 nitrogen and oxygen atoms in total. The van der Waals surface area contributed by atoms with Crippen LogP contribution in [0, 0.1) is 0 Å². The van der Waals surface area contributed by atoms with Gasteiger partial charge in [-0.3, -0.25) is 4.79 Å². The van der Waals surface area contributed by atoms with Crippen molar-refractivity contribution in [2.45, 2.75) is 57.6 Å². The zero-order chi connectivity index (χ0) is 15.0. The molecule has 0 spiro atoms. The van der Waals surface area contributed by atoms with Crippen LogP contribution in [-0.4, -0.2) is 11.7 Å². The quantitative estimate of drug-likeness (QED) is 0.673. The SMILES string of the molecule is CCCCCCS[C@H](C(N)=O)c1ccc(C(C)C)cc1. The Labute approximate surface area is 127 Å². The van der Waals surface area contributed by atoms with Crippen molar-refractivity contribution in [1.82, 2.24) is 0 Å². The molecule has 0 aliphatic heterocycles. The summed E-state index contributed by atoms with van der Waals surface area (Å²) in [7, 11) is 0. The van der Waals surface area contributed by atoms with Gasteiger partial charge in [0.1, 0.15) is 5.25 Å². The molecule has 0 radical (unpaired) electrons. The molecule has 1 rings (SSSR count). The first kappa shape index (κ1) is 17.1. The van der Waals surface area contributed by atoms with E-state index in [4.69, 9.17) is 5.73 Å². The Morgan fingerprint density at radius 2 is 1.70 bits per heavy atom. The second-order valence-electron chi connectivity index (χ2n) is 5.54. The van der Waals surface area contributed by atoms with Crippen molar-refractivity contribution in [3.05, 3.63) is 35.4 Å². The van der Waals surface area contributed by atoms with Crippen molar-refractivity contribution >= 4 is 17.7 Å². The van der Waals surface area contributed by atoms with Crippen LogP contribution in [0.5, 0.6) is 0 Å². The van der Waals surface area contributed by atoms with Gasteiger partial charge < -0.3 is 5.73 Å². The van der Waals surface area contributed by atoms with Crippen molar-refractivity contribution in [3.8, 4) is 0 Å². The molecule has 0 bridgehead atoms. The van der Waals surface area contributed by atoms with Gasteiger partial charge in [0, 0.05) is 0 Å². The minimum Gasteiger partial charge on any atom is -0.368 e. The highest BCUT2D eigenvalue weighted by molar-refractivity contribution is 8.00. The number of carbonyl (C=O) groups excluding carboxylic acids is 1. The molecular weight excluding hydrogens is 266 g/mol. The van der Waals surface area contributed by atoms with Gasteiger partial charge in [0.2, 0.25) is 5.91 Å². The second-order valence-corrected chi connectivity index (χ2v) is 6.75. The van der Waals surface area contributed by atoms with E-state index in [1.165, 1.54) is 24.8 Å². The Bertz CT molecular complexity index is 400. The fourth-order valence-electron chi connectivity index (χ4n) is 2.13. The van der Waals surface area contributed by atoms with E-state index in [-0.39, 0.29) is 11.2 Å². The molecule has 20 heavy (non-hydrogen) atoms. The van der Waals surface area contributed by atoms with Gasteiger partial charge in [0.25, 0.3) is 0 Å². The van der Waals surface area contributed by atoms with E-state index in [9.17, 15) is 4.79 Å². The minimum absolute atomic E-state index is 0.210. The molecule has 0 saturated carbocycles. The molecule has 3 heteroatoms. The summed E-state index contributed by atoms with van der Waals surface area (Å²) in [5.41, 5.74) is 7.87. The molecule has 1 aromatic carbocycles. The first-order valence-electron chi connectivity index (χ1n) is 7.57. The molecule has 1 amide bonds. The number of rotatable bonds is 9. The summed E-state index contributed by atoms with van der Waals surface area (Å²) in [6, 6.07) is 8.30. The lowest BCUT2D eigenvalue weighted by atomic mass is 10.0. The van der Waals surface area contributed by atoms with E-state index in [0.717, 1.165) is 17.7 Å². The maximum absolute atomic E-state index is 11.6. The maximum Gasteiger partial charge on any atom is 0.235 e. The van der Waals surface area contributed by atoms with Gasteiger partial charge in [0.05, 0.1) is 0 Å². The first-order chi connectivity index (χ1) is 9.56. The van der Waals surface area contributed by atoms with Crippen molar-refractivity contribution < 1.29 is 4.79 Å². The fourth-order valence-corrected chi connectivity index (χ4v) is 3.25. The summed E-state index contributed by atoms with van der Waals surface area (Å²) < 4.78 is 0. The average molecular weight is 293 g/mol. The van der Waals surface area contributed by atoms with Crippen LogP contribution in [0.15, 0.2) is 24.3 Å². The van der Waals surface area contributed by atoms with Crippen LogP contribution in [0.2, 0.25) is 0 Å². The molecule has 0 heterocycles. The Morgan fingerprint density at radius 3 is 2.20 bits per heavy atom. The van der Waals surface area contributed by atoms with Crippen molar-refractivity contribution in [2.75, 3.05) is 5.75 Å². The standard InChI is InChI=1S/C17H27NOS/c1-4-5-6-7-12-20-16(17(18)19)15-10-8-14(9-11-15)13(2)3/h8-11,13,16H,4-7,12H2,1-3H3,(H2,18,19)/t16-/m0/s1. The lowest BCUT2D eigenvalue weighted by Crippen LogP contribution is -2.19. The Kier molecular flexibility index (Phi) is 7.75. The van der Waals surface area contributed by atoms with Crippen LogP contribution in [0.25, 0.3) is 0 Å². The van der Waals surface area contributed by atoms with E-state index < -0.39 is 0 Å². The normalized spacial score (nSPS) is 12.6. The minimum atomic E-state index is -0.234. The highest BCUT2D eigenvalue weighted by atomic mass is 32.2. The van der Waals surface area contributed by atoms with Gasteiger partial charge in [-0.1, -0.05) is 64.3 Å². The molecule has 1 atom stereocenters. The van der Waals surface area contributed by atoms with E-state index in [0.29, 0.717) is 5.92 Å². The van der Waals surface area contributed by atoms with Crippen molar-refractivity contribution in [1.29, 1.82) is 0 Å². The third-order valence-corrected chi connectivity index (χ3v) is 4.81. The Balaban J connectivity index is 2.59. The number of hydrogen-bond acceptors (Lipinski definition) is 2. The van der Waals surface area contributed by atoms with Gasteiger partial charge in [-0.15, -0.1) is 11.8 Å². The summed E-state index contributed by atoms with van der Waals surface area (Å²) in [6.45, 7) is 6.54. The van der Waals surface area contributed by atoms with Gasteiger partial charge in [-0.25, -0.2) is 0 Å². The largest absolute Gasteiger partial charge is 0.368 e. The van der Waals surface area contributed by atoms with E-state index >= 15 is 0 Å². The van der Waals surface area contributed by atoms with Crippen LogP contribution in [-0.2, 0) is 4.79 Å². The molecule has 0 aromatic heterocycles. The summed E-state index contributed by atoms with van der Waals surface area (Å²) in [4.78, 5) is 11.6. The number of unbranched alkanes of at least 4 members (excludes halogenated alkanes) is 3. The third kappa shape index (κ3) is 5.58. The van der Waals surface area contributed by atoms with E-state index in [2.05, 4.69) is 32.9 Å². The maximum atomic E-state index is 11.6. The first-order valence-corrected chi connectivity index (χ1v) is 8.62. The number of benzene rings is 1. The van der Waals surface area contributed by atoms with Crippen LogP contribution in [0.4, 0.5) is 0 Å². The topological polar surface area (TPSA) is 43.1 Å². The Hall–Kier alpha value is -0.960. The second kappa shape index (κ2) is 9.06. The molecular formula is C17H27NOS. The fraction of sp³-hybridized carbons (Fsp3) is 0.588. The molecule has 0 aliphatic carbocycles. The van der Waals surface area contributed by atoms with Crippen LogP contribution < -0.4 is 5.73 Å². The third-order valence-electron chi connectivity index (χ3n) is 3.45. The smallest absolute Gasteiger partial charge is 0.235 e. The lowest BCUT2D eigenvalue weighted by molar-refractivity contribution is -0.117. The van der Waals surface area contributed by atoms with Crippen LogP contribution in [0.1, 0.15) is 68.7 Å². The van der Waals surface area contributed by atoms with E-state index in [1.54, 1.807) is 11.8 Å². The van der Waals surface area contributed by atoms with Crippen LogP contribution >= 0.6 is 11.8 Å². The molecule has 0 fully saturated rings. The van der Waals surface area contributed by atoms with Gasteiger partial charge in [0.15, 0.2) is 0 Å². The van der Waals surface area contributed by atoms with Gasteiger partial charge >= 0.3 is 0 Å². The summed E-state index contributed by atoms with van der Waals surface area (Å²) in [5.74, 6) is 1.28. The summed E-state index contributed by atoms with van der Waals surface area (Å²) in [6.07, 6.45) is 4.90. The average Bonchev–Trinajstić information content (AvgIpc) is 2.42. The number of nitrogens with two attached hydrogens (primary N) is 1.